The van der Waals surface area contributed by atoms with Crippen molar-refractivity contribution in [2.75, 3.05) is 17.4 Å². The molecule has 0 aliphatic carbocycles. The summed E-state index contributed by atoms with van der Waals surface area (Å²) >= 11 is 6.98. The maximum Gasteiger partial charge on any atom is 0.0769 e. The van der Waals surface area contributed by atoms with Gasteiger partial charge < -0.3 is 10.8 Å². The minimum absolute atomic E-state index is 0.264. The van der Waals surface area contributed by atoms with Crippen LogP contribution >= 0.6 is 23.4 Å². The molecule has 0 bridgehead atoms. The molecule has 0 fully saturated rings. The zero-order valence-electron chi connectivity index (χ0n) is 7.11. The molecular weight excluding hydrogens is 206 g/mol. The summed E-state index contributed by atoms with van der Waals surface area (Å²) in [5.41, 5.74) is 6.46. The third kappa shape index (κ3) is 3.46. The van der Waals surface area contributed by atoms with Gasteiger partial charge in [-0.3, -0.25) is 0 Å². The van der Waals surface area contributed by atoms with Crippen molar-refractivity contribution in [3.63, 3.8) is 0 Å². The fraction of sp³-hybridized carbons (Fsp3) is 0.333. The van der Waals surface area contributed by atoms with Gasteiger partial charge >= 0.3 is 0 Å². The van der Waals surface area contributed by atoms with Crippen molar-refractivity contribution in [2.45, 2.75) is 11.0 Å². The predicted molar refractivity (Wildman–Crippen MR) is 58.3 cm³/mol. The number of nitrogens with two attached hydrogens (primary N) is 1. The first-order valence-electron chi connectivity index (χ1n) is 3.95. The van der Waals surface area contributed by atoms with Gasteiger partial charge in [-0.1, -0.05) is 12.1 Å². The summed E-state index contributed by atoms with van der Waals surface area (Å²) in [6, 6.07) is 7.58. The Morgan fingerprint density at radius 3 is 2.77 bits per heavy atom. The lowest BCUT2D eigenvalue weighted by atomic mass is 10.3. The highest BCUT2D eigenvalue weighted by Crippen LogP contribution is 2.24. The van der Waals surface area contributed by atoms with E-state index in [0.29, 0.717) is 5.75 Å². The molecule has 13 heavy (non-hydrogen) atoms. The van der Waals surface area contributed by atoms with Crippen molar-refractivity contribution in [3.8, 4) is 0 Å². The van der Waals surface area contributed by atoms with Crippen molar-refractivity contribution in [3.05, 3.63) is 24.3 Å². The molecule has 0 aliphatic rings. The van der Waals surface area contributed by atoms with Gasteiger partial charge in [-0.25, -0.2) is 0 Å². The molecule has 4 heteroatoms. The Balaban J connectivity index is 2.50. The molecule has 0 aromatic heterocycles. The van der Waals surface area contributed by atoms with Crippen LogP contribution in [0, 0.1) is 0 Å². The summed E-state index contributed by atoms with van der Waals surface area (Å²) in [6.45, 7) is 0. The smallest absolute Gasteiger partial charge is 0.0769 e. The Bertz CT molecular complexity index is 270. The maximum absolute atomic E-state index is 9.22. The molecule has 2 nitrogen and oxygen atoms in total. The summed E-state index contributed by atoms with van der Waals surface area (Å²) in [5, 5.41) is 9.22. The summed E-state index contributed by atoms with van der Waals surface area (Å²) in [6.07, 6.45) is -0.466. The van der Waals surface area contributed by atoms with Crippen LogP contribution < -0.4 is 5.73 Å². The molecule has 0 saturated heterocycles. The Morgan fingerprint density at radius 1 is 1.46 bits per heavy atom. The highest BCUT2D eigenvalue weighted by atomic mass is 35.5. The van der Waals surface area contributed by atoms with Crippen LogP contribution in [0.4, 0.5) is 5.69 Å². The fourth-order valence-electron chi connectivity index (χ4n) is 0.842. The quantitative estimate of drug-likeness (QED) is 0.461. The molecule has 0 aliphatic heterocycles. The number of aliphatic hydroxyl groups is 1. The van der Waals surface area contributed by atoms with Crippen molar-refractivity contribution in [2.24, 2.45) is 0 Å². The molecule has 0 radical (unpaired) electrons. The Labute approximate surface area is 87.1 Å². The molecule has 72 valence electrons. The second-order valence-corrected chi connectivity index (χ2v) is 4.03. The van der Waals surface area contributed by atoms with E-state index in [1.807, 2.05) is 24.3 Å². The largest absolute Gasteiger partial charge is 0.398 e. The Hall–Kier alpha value is -0.380. The number of anilines is 1. The van der Waals surface area contributed by atoms with Crippen LogP contribution in [-0.2, 0) is 0 Å². The molecule has 0 unspecified atom stereocenters. The van der Waals surface area contributed by atoms with Gasteiger partial charge in [0.25, 0.3) is 0 Å². The lowest BCUT2D eigenvalue weighted by Gasteiger charge is -2.07. The molecular formula is C9H12ClNOS. The van der Waals surface area contributed by atoms with E-state index < -0.39 is 6.10 Å². The summed E-state index contributed by atoms with van der Waals surface area (Å²) in [4.78, 5) is 0.992. The minimum atomic E-state index is -0.466. The van der Waals surface area contributed by atoms with Gasteiger partial charge in [0.1, 0.15) is 0 Å². The monoisotopic (exact) mass is 217 g/mol. The van der Waals surface area contributed by atoms with E-state index in [2.05, 4.69) is 0 Å². The highest BCUT2D eigenvalue weighted by molar-refractivity contribution is 7.99. The molecule has 1 aromatic rings. The van der Waals surface area contributed by atoms with Crippen LogP contribution in [0.1, 0.15) is 0 Å². The van der Waals surface area contributed by atoms with Crippen LogP contribution in [0.3, 0.4) is 0 Å². The van der Waals surface area contributed by atoms with Crippen molar-refractivity contribution >= 4 is 29.1 Å². The van der Waals surface area contributed by atoms with Gasteiger partial charge in [-0.2, -0.15) is 0 Å². The SMILES string of the molecule is Nc1ccccc1SC[C@H](O)CCl. The molecule has 1 rings (SSSR count). The first-order valence-corrected chi connectivity index (χ1v) is 5.47. The first kappa shape index (κ1) is 10.7. The van der Waals surface area contributed by atoms with Gasteiger partial charge in [0, 0.05) is 22.2 Å². The lowest BCUT2D eigenvalue weighted by Crippen LogP contribution is -2.11. The fourth-order valence-corrected chi connectivity index (χ4v) is 1.98. The number of benzene rings is 1. The van der Waals surface area contributed by atoms with Crippen LogP contribution in [0.25, 0.3) is 0 Å². The molecule has 0 heterocycles. The molecule has 0 amide bonds. The van der Waals surface area contributed by atoms with Crippen LogP contribution in [0.15, 0.2) is 29.2 Å². The molecule has 0 saturated carbocycles. The lowest BCUT2D eigenvalue weighted by molar-refractivity contribution is 0.223. The number of nitrogen functional groups attached to an aromatic ring is 1. The van der Waals surface area contributed by atoms with E-state index in [1.165, 1.54) is 11.8 Å². The summed E-state index contributed by atoms with van der Waals surface area (Å²) in [5.74, 6) is 0.845. The average Bonchev–Trinajstić information content (AvgIpc) is 2.16. The summed E-state index contributed by atoms with van der Waals surface area (Å²) < 4.78 is 0. The van der Waals surface area contributed by atoms with Crippen molar-refractivity contribution in [1.29, 1.82) is 0 Å². The zero-order valence-corrected chi connectivity index (χ0v) is 8.68. The number of aliphatic hydroxyl groups excluding tert-OH is 1. The van der Waals surface area contributed by atoms with Crippen LogP contribution in [0.5, 0.6) is 0 Å². The topological polar surface area (TPSA) is 46.2 Å². The van der Waals surface area contributed by atoms with E-state index in [9.17, 15) is 5.11 Å². The molecule has 1 aromatic carbocycles. The highest BCUT2D eigenvalue weighted by Gasteiger charge is 2.04. The third-order valence-corrected chi connectivity index (χ3v) is 3.12. The van der Waals surface area contributed by atoms with E-state index in [0.717, 1.165) is 10.6 Å². The molecule has 0 spiro atoms. The molecule has 3 N–H and O–H groups in total. The van der Waals surface area contributed by atoms with Gasteiger partial charge in [-0.15, -0.1) is 23.4 Å². The van der Waals surface area contributed by atoms with Crippen molar-refractivity contribution < 1.29 is 5.11 Å². The Morgan fingerprint density at radius 2 is 2.15 bits per heavy atom. The summed E-state index contributed by atoms with van der Waals surface area (Å²) in [7, 11) is 0. The average molecular weight is 218 g/mol. The van der Waals surface area contributed by atoms with Gasteiger partial charge in [-0.05, 0) is 12.1 Å². The second-order valence-electron chi connectivity index (χ2n) is 2.66. The zero-order chi connectivity index (χ0) is 9.68. The second kappa shape index (κ2) is 5.37. The number of hydrogen-bond donors (Lipinski definition) is 2. The van der Waals surface area contributed by atoms with E-state index >= 15 is 0 Å². The van der Waals surface area contributed by atoms with Crippen LogP contribution in [-0.4, -0.2) is 22.8 Å². The van der Waals surface area contributed by atoms with Crippen LogP contribution in [0.2, 0.25) is 0 Å². The number of rotatable bonds is 4. The number of para-hydroxylation sites is 1. The number of halogens is 1. The van der Waals surface area contributed by atoms with Gasteiger partial charge in [0.15, 0.2) is 0 Å². The number of hydrogen-bond acceptors (Lipinski definition) is 3. The van der Waals surface area contributed by atoms with E-state index in [-0.39, 0.29) is 5.88 Å². The Kier molecular flexibility index (Phi) is 4.42. The maximum atomic E-state index is 9.22. The predicted octanol–water partition coefficient (Wildman–Crippen LogP) is 1.96. The minimum Gasteiger partial charge on any atom is -0.398 e. The normalized spacial score (nSPS) is 12.8. The van der Waals surface area contributed by atoms with Gasteiger partial charge in [0.2, 0.25) is 0 Å². The van der Waals surface area contributed by atoms with E-state index in [1.54, 1.807) is 0 Å². The van der Waals surface area contributed by atoms with Gasteiger partial charge in [0.05, 0.1) is 6.10 Å². The van der Waals surface area contributed by atoms with Crippen molar-refractivity contribution in [1.82, 2.24) is 0 Å². The standard InChI is InChI=1S/C9H12ClNOS/c10-5-7(12)6-13-9-4-2-1-3-8(9)11/h1-4,7,12H,5-6,11H2/t7-/m1/s1. The number of thioether (sulfide) groups is 1. The first-order chi connectivity index (χ1) is 6.24. The molecule has 1 atom stereocenters. The van der Waals surface area contributed by atoms with E-state index in [4.69, 9.17) is 17.3 Å². The third-order valence-electron chi connectivity index (χ3n) is 1.53. The number of alkyl halides is 1.